The lowest BCUT2D eigenvalue weighted by atomic mass is 9.38. The first-order valence-electron chi connectivity index (χ1n) is 11.6. The molecule has 0 aromatic heterocycles. The van der Waals surface area contributed by atoms with Gasteiger partial charge in [0, 0.05) is 0 Å². The Morgan fingerprint density at radius 1 is 0.720 bits per heavy atom. The average molecular weight is 345 g/mol. The van der Waals surface area contributed by atoms with Crippen LogP contribution in [-0.4, -0.2) is 11.2 Å². The summed E-state index contributed by atoms with van der Waals surface area (Å²) < 4.78 is 0. The van der Waals surface area contributed by atoms with Crippen molar-refractivity contribution in [3.63, 3.8) is 0 Å². The molecule has 0 spiro atoms. The number of hydrogen-bond acceptors (Lipinski definition) is 1. The van der Waals surface area contributed by atoms with Crippen molar-refractivity contribution in [3.8, 4) is 0 Å². The third-order valence-corrected chi connectivity index (χ3v) is 10.9. The molecule has 5 saturated carbocycles. The highest BCUT2D eigenvalue weighted by Crippen LogP contribution is 2.70. The van der Waals surface area contributed by atoms with Gasteiger partial charge in [-0.05, 0) is 110 Å². The van der Waals surface area contributed by atoms with Crippen LogP contribution in [0.25, 0.3) is 0 Å². The van der Waals surface area contributed by atoms with Gasteiger partial charge in [-0.1, -0.05) is 33.6 Å². The number of aliphatic hydroxyl groups excluding tert-OH is 1. The van der Waals surface area contributed by atoms with E-state index in [0.717, 1.165) is 41.9 Å². The molecule has 5 fully saturated rings. The van der Waals surface area contributed by atoms with Gasteiger partial charge in [0.2, 0.25) is 0 Å². The quantitative estimate of drug-likeness (QED) is 0.567. The molecule has 0 radical (unpaired) electrons. The largest absolute Gasteiger partial charge is 0.393 e. The topological polar surface area (TPSA) is 20.2 Å². The molecule has 0 aromatic carbocycles. The van der Waals surface area contributed by atoms with E-state index in [9.17, 15) is 5.11 Å². The maximum absolute atomic E-state index is 10.5. The summed E-state index contributed by atoms with van der Waals surface area (Å²) in [5.74, 6) is 6.49. The van der Waals surface area contributed by atoms with E-state index in [1.807, 2.05) is 0 Å². The Morgan fingerprint density at radius 2 is 1.48 bits per heavy atom. The Kier molecular flexibility index (Phi) is 3.91. The van der Waals surface area contributed by atoms with Crippen LogP contribution in [0.1, 0.15) is 91.4 Å². The highest BCUT2D eigenvalue weighted by molar-refractivity contribution is 5.11. The molecule has 1 nitrogen and oxygen atoms in total. The summed E-state index contributed by atoms with van der Waals surface area (Å²) >= 11 is 0. The molecular weight excluding hydrogens is 304 g/mol. The normalized spacial score (nSPS) is 61.0. The fraction of sp³-hybridized carbons (Fsp3) is 1.00. The second kappa shape index (κ2) is 5.73. The standard InChI is InChI=1S/C24H40O/c1-15-19-11-13-24(3)20-9-7-16-5-4-6-17(16)18(20)8-10-22(24)23(19,2)14-12-21(15)25/h15-22,25H,4-14H2,1-3H3. The molecule has 1 N–H and O–H groups in total. The van der Waals surface area contributed by atoms with E-state index in [4.69, 9.17) is 0 Å². The van der Waals surface area contributed by atoms with E-state index in [1.54, 1.807) is 19.3 Å². The molecule has 0 amide bonds. The van der Waals surface area contributed by atoms with Crippen LogP contribution in [0.5, 0.6) is 0 Å². The van der Waals surface area contributed by atoms with E-state index in [2.05, 4.69) is 20.8 Å². The summed E-state index contributed by atoms with van der Waals surface area (Å²) in [4.78, 5) is 0. The van der Waals surface area contributed by atoms with E-state index in [-0.39, 0.29) is 6.10 Å². The van der Waals surface area contributed by atoms with Gasteiger partial charge in [-0.2, -0.15) is 0 Å². The van der Waals surface area contributed by atoms with Gasteiger partial charge < -0.3 is 5.11 Å². The summed E-state index contributed by atoms with van der Waals surface area (Å²) in [6.07, 6.45) is 15.9. The van der Waals surface area contributed by atoms with Crippen LogP contribution in [0.3, 0.4) is 0 Å². The van der Waals surface area contributed by atoms with Crippen molar-refractivity contribution in [3.05, 3.63) is 0 Å². The van der Waals surface area contributed by atoms with Crippen molar-refractivity contribution >= 4 is 0 Å². The van der Waals surface area contributed by atoms with Crippen molar-refractivity contribution in [2.75, 3.05) is 0 Å². The van der Waals surface area contributed by atoms with Crippen LogP contribution >= 0.6 is 0 Å². The Balaban J connectivity index is 1.46. The Bertz CT molecular complexity index is 528. The highest BCUT2D eigenvalue weighted by atomic mass is 16.3. The highest BCUT2D eigenvalue weighted by Gasteiger charge is 2.62. The molecule has 0 bridgehead atoms. The molecule has 10 unspecified atom stereocenters. The minimum Gasteiger partial charge on any atom is -0.393 e. The smallest absolute Gasteiger partial charge is 0.0568 e. The molecule has 0 saturated heterocycles. The minimum atomic E-state index is -0.0345. The van der Waals surface area contributed by atoms with E-state index in [0.29, 0.717) is 16.7 Å². The molecule has 0 aromatic rings. The minimum absolute atomic E-state index is 0.0345. The summed E-state index contributed by atoms with van der Waals surface area (Å²) in [7, 11) is 0. The maximum atomic E-state index is 10.5. The Hall–Kier alpha value is -0.0400. The fourth-order valence-corrected chi connectivity index (χ4v) is 9.79. The average Bonchev–Trinajstić information content (AvgIpc) is 3.07. The first-order chi connectivity index (χ1) is 11.9. The second-order valence-electron chi connectivity index (χ2n) is 11.5. The van der Waals surface area contributed by atoms with Crippen LogP contribution in [0.2, 0.25) is 0 Å². The number of hydrogen-bond donors (Lipinski definition) is 1. The maximum Gasteiger partial charge on any atom is 0.0568 e. The van der Waals surface area contributed by atoms with Crippen LogP contribution in [0.15, 0.2) is 0 Å². The monoisotopic (exact) mass is 344 g/mol. The number of fused-ring (bicyclic) bond motifs is 7. The van der Waals surface area contributed by atoms with Crippen LogP contribution in [0, 0.1) is 52.3 Å². The van der Waals surface area contributed by atoms with Gasteiger partial charge in [0.05, 0.1) is 6.10 Å². The second-order valence-corrected chi connectivity index (χ2v) is 11.5. The van der Waals surface area contributed by atoms with Gasteiger partial charge in [-0.25, -0.2) is 0 Å². The van der Waals surface area contributed by atoms with Crippen LogP contribution in [-0.2, 0) is 0 Å². The van der Waals surface area contributed by atoms with Gasteiger partial charge in [-0.3, -0.25) is 0 Å². The van der Waals surface area contributed by atoms with Gasteiger partial charge >= 0.3 is 0 Å². The number of aliphatic hydroxyl groups is 1. The number of rotatable bonds is 0. The first kappa shape index (κ1) is 17.1. The zero-order valence-electron chi connectivity index (χ0n) is 16.8. The molecule has 0 aliphatic heterocycles. The molecule has 5 aliphatic rings. The van der Waals surface area contributed by atoms with E-state index in [1.165, 1.54) is 44.9 Å². The van der Waals surface area contributed by atoms with E-state index >= 15 is 0 Å². The lowest BCUT2D eigenvalue weighted by molar-refractivity contribution is -0.188. The molecule has 0 heterocycles. The zero-order valence-corrected chi connectivity index (χ0v) is 16.8. The summed E-state index contributed by atoms with van der Waals surface area (Å²) in [5, 5.41) is 10.5. The summed E-state index contributed by atoms with van der Waals surface area (Å²) in [5.41, 5.74) is 1.10. The van der Waals surface area contributed by atoms with Crippen molar-refractivity contribution in [1.29, 1.82) is 0 Å². The van der Waals surface area contributed by atoms with Crippen molar-refractivity contribution in [2.45, 2.75) is 97.5 Å². The third-order valence-electron chi connectivity index (χ3n) is 10.9. The molecular formula is C24H40O. The van der Waals surface area contributed by atoms with Crippen LogP contribution in [0.4, 0.5) is 0 Å². The van der Waals surface area contributed by atoms with Crippen molar-refractivity contribution in [2.24, 2.45) is 52.3 Å². The van der Waals surface area contributed by atoms with Gasteiger partial charge in [-0.15, -0.1) is 0 Å². The van der Waals surface area contributed by atoms with Crippen LogP contribution < -0.4 is 0 Å². The van der Waals surface area contributed by atoms with Gasteiger partial charge in [0.15, 0.2) is 0 Å². The van der Waals surface area contributed by atoms with Crippen molar-refractivity contribution in [1.82, 2.24) is 0 Å². The Labute approximate surface area is 155 Å². The zero-order chi connectivity index (χ0) is 17.4. The lowest BCUT2D eigenvalue weighted by Gasteiger charge is -2.67. The van der Waals surface area contributed by atoms with E-state index < -0.39 is 0 Å². The Morgan fingerprint density at radius 3 is 2.32 bits per heavy atom. The van der Waals surface area contributed by atoms with Crippen molar-refractivity contribution < 1.29 is 5.11 Å². The summed E-state index contributed by atoms with van der Waals surface area (Å²) in [6.45, 7) is 7.72. The molecule has 5 rings (SSSR count). The molecule has 10 atom stereocenters. The third kappa shape index (κ3) is 2.23. The predicted molar refractivity (Wildman–Crippen MR) is 103 cm³/mol. The van der Waals surface area contributed by atoms with Gasteiger partial charge in [0.1, 0.15) is 0 Å². The lowest BCUT2D eigenvalue weighted by Crippen LogP contribution is -2.60. The molecule has 25 heavy (non-hydrogen) atoms. The SMILES string of the molecule is CC1C(O)CCC2(C)C1CCC1(C)C3CCC4CCCC4C3CCC21. The molecule has 5 aliphatic carbocycles. The fourth-order valence-electron chi connectivity index (χ4n) is 9.79. The first-order valence-corrected chi connectivity index (χ1v) is 11.6. The molecule has 142 valence electrons. The van der Waals surface area contributed by atoms with Gasteiger partial charge in [0.25, 0.3) is 0 Å². The molecule has 1 heteroatoms. The summed E-state index contributed by atoms with van der Waals surface area (Å²) in [6, 6.07) is 0. The predicted octanol–water partition coefficient (Wildman–Crippen LogP) is 6.05.